The predicted octanol–water partition coefficient (Wildman–Crippen LogP) is 2.89. The second-order valence-electron chi connectivity index (χ2n) is 5.15. The molecule has 0 aromatic carbocycles. The molecule has 70 valence electrons. The maximum atomic E-state index is 11.2. The number of hydrogen-bond acceptors (Lipinski definition) is 1. The number of hydrogen-bond donors (Lipinski definition) is 0. The Morgan fingerprint density at radius 1 is 1.42 bits per heavy atom. The average Bonchev–Trinajstić information content (AvgIpc) is 2.32. The van der Waals surface area contributed by atoms with Gasteiger partial charge in [-0.2, -0.15) is 0 Å². The van der Waals surface area contributed by atoms with E-state index < -0.39 is 0 Å². The third kappa shape index (κ3) is 1.55. The van der Waals surface area contributed by atoms with Crippen molar-refractivity contribution in [1.82, 2.24) is 0 Å². The highest BCUT2D eigenvalue weighted by atomic mass is 16.1. The molecule has 0 amide bonds. The highest BCUT2D eigenvalue weighted by Crippen LogP contribution is 2.61. The summed E-state index contributed by atoms with van der Waals surface area (Å²) in [5.41, 5.74) is 0.288. The summed E-state index contributed by atoms with van der Waals surface area (Å²) in [4.78, 5) is 11.2. The van der Waals surface area contributed by atoms with Gasteiger partial charge in [0.1, 0.15) is 5.78 Å². The van der Waals surface area contributed by atoms with Gasteiger partial charge in [-0.1, -0.05) is 27.7 Å². The first-order chi connectivity index (χ1) is 5.37. The summed E-state index contributed by atoms with van der Waals surface area (Å²) in [6.45, 7) is 10.6. The SMILES string of the molecule is CC(=O)C1C(CC(C)C)C1(C)C. The van der Waals surface area contributed by atoms with E-state index in [0.29, 0.717) is 17.6 Å². The Morgan fingerprint density at radius 2 is 1.92 bits per heavy atom. The maximum absolute atomic E-state index is 11.2. The zero-order valence-electron chi connectivity index (χ0n) is 8.85. The largest absolute Gasteiger partial charge is 0.300 e. The molecule has 1 fully saturated rings. The van der Waals surface area contributed by atoms with E-state index in [0.717, 1.165) is 5.92 Å². The van der Waals surface area contributed by atoms with Crippen LogP contribution in [0.3, 0.4) is 0 Å². The molecule has 0 saturated heterocycles. The molecule has 12 heavy (non-hydrogen) atoms. The monoisotopic (exact) mass is 168 g/mol. The molecule has 0 N–H and O–H groups in total. The summed E-state index contributed by atoms with van der Waals surface area (Å²) in [6.07, 6.45) is 1.21. The summed E-state index contributed by atoms with van der Waals surface area (Å²) in [6, 6.07) is 0. The minimum absolute atomic E-state index is 0.288. The second-order valence-corrected chi connectivity index (χ2v) is 5.15. The molecular weight excluding hydrogens is 148 g/mol. The van der Waals surface area contributed by atoms with Gasteiger partial charge in [0.15, 0.2) is 0 Å². The first-order valence-corrected chi connectivity index (χ1v) is 4.87. The average molecular weight is 168 g/mol. The van der Waals surface area contributed by atoms with Crippen LogP contribution >= 0.6 is 0 Å². The summed E-state index contributed by atoms with van der Waals surface area (Å²) in [5.74, 6) is 2.10. The van der Waals surface area contributed by atoms with E-state index in [4.69, 9.17) is 0 Å². The predicted molar refractivity (Wildman–Crippen MR) is 50.9 cm³/mol. The molecule has 1 aliphatic carbocycles. The topological polar surface area (TPSA) is 17.1 Å². The molecule has 0 heterocycles. The van der Waals surface area contributed by atoms with E-state index in [2.05, 4.69) is 27.7 Å². The lowest BCUT2D eigenvalue weighted by Crippen LogP contribution is -1.99. The lowest BCUT2D eigenvalue weighted by Gasteiger charge is -2.04. The lowest BCUT2D eigenvalue weighted by molar-refractivity contribution is -0.119. The van der Waals surface area contributed by atoms with Crippen molar-refractivity contribution < 1.29 is 4.79 Å². The molecule has 2 unspecified atom stereocenters. The third-order valence-electron chi connectivity index (χ3n) is 3.21. The summed E-state index contributed by atoms with van der Waals surface area (Å²) < 4.78 is 0. The van der Waals surface area contributed by atoms with Gasteiger partial charge in [0.05, 0.1) is 0 Å². The van der Waals surface area contributed by atoms with Crippen molar-refractivity contribution in [1.29, 1.82) is 0 Å². The van der Waals surface area contributed by atoms with Gasteiger partial charge in [-0.3, -0.25) is 4.79 Å². The van der Waals surface area contributed by atoms with Crippen LogP contribution in [0.1, 0.15) is 41.0 Å². The standard InChI is InChI=1S/C11H20O/c1-7(2)6-9-10(8(3)12)11(9,4)5/h7,9-10H,6H2,1-5H3. The fourth-order valence-corrected chi connectivity index (χ4v) is 2.50. The highest BCUT2D eigenvalue weighted by Gasteiger charge is 2.59. The number of ketones is 1. The molecule has 0 bridgehead atoms. The van der Waals surface area contributed by atoms with E-state index in [1.807, 2.05) is 0 Å². The Bertz CT molecular complexity index is 191. The van der Waals surface area contributed by atoms with E-state index in [1.165, 1.54) is 6.42 Å². The molecule has 0 aromatic heterocycles. The molecule has 1 aliphatic rings. The first-order valence-electron chi connectivity index (χ1n) is 4.87. The zero-order chi connectivity index (χ0) is 9.52. The van der Waals surface area contributed by atoms with E-state index in [1.54, 1.807) is 6.92 Å². The fraction of sp³-hybridized carbons (Fsp3) is 0.909. The Hall–Kier alpha value is -0.330. The van der Waals surface area contributed by atoms with Crippen LogP contribution in [0.5, 0.6) is 0 Å². The molecule has 0 aliphatic heterocycles. The van der Waals surface area contributed by atoms with Crippen LogP contribution in [0.2, 0.25) is 0 Å². The van der Waals surface area contributed by atoms with Crippen molar-refractivity contribution in [3.63, 3.8) is 0 Å². The van der Waals surface area contributed by atoms with Crippen molar-refractivity contribution in [2.45, 2.75) is 41.0 Å². The molecular formula is C11H20O. The van der Waals surface area contributed by atoms with Crippen LogP contribution in [0.15, 0.2) is 0 Å². The Kier molecular flexibility index (Phi) is 2.33. The number of Topliss-reactive ketones (excluding diaryl/α,β-unsaturated/α-hetero) is 1. The Balaban J connectivity index is 2.54. The summed E-state index contributed by atoms with van der Waals surface area (Å²) in [7, 11) is 0. The normalized spacial score (nSPS) is 32.2. The van der Waals surface area contributed by atoms with Gasteiger partial charge >= 0.3 is 0 Å². The van der Waals surface area contributed by atoms with Crippen LogP contribution < -0.4 is 0 Å². The minimum Gasteiger partial charge on any atom is -0.300 e. The molecule has 1 rings (SSSR count). The number of carbonyl (C=O) groups is 1. The van der Waals surface area contributed by atoms with Crippen LogP contribution in [-0.4, -0.2) is 5.78 Å². The second kappa shape index (κ2) is 2.86. The lowest BCUT2D eigenvalue weighted by atomic mass is 10.0. The molecule has 2 atom stereocenters. The highest BCUT2D eigenvalue weighted by molar-refractivity contribution is 5.82. The molecule has 1 nitrogen and oxygen atoms in total. The Morgan fingerprint density at radius 3 is 2.17 bits per heavy atom. The van der Waals surface area contributed by atoms with Gasteiger partial charge in [0.2, 0.25) is 0 Å². The molecule has 1 heteroatoms. The minimum atomic E-state index is 0.288. The van der Waals surface area contributed by atoms with E-state index in [-0.39, 0.29) is 5.41 Å². The van der Waals surface area contributed by atoms with Crippen molar-refractivity contribution in [2.24, 2.45) is 23.2 Å². The van der Waals surface area contributed by atoms with Crippen molar-refractivity contribution >= 4 is 5.78 Å². The van der Waals surface area contributed by atoms with Gasteiger partial charge in [0.25, 0.3) is 0 Å². The maximum Gasteiger partial charge on any atom is 0.133 e. The van der Waals surface area contributed by atoms with Crippen molar-refractivity contribution in [3.05, 3.63) is 0 Å². The molecule has 0 spiro atoms. The Labute approximate surface area is 75.5 Å². The van der Waals surface area contributed by atoms with Gasteiger partial charge in [0, 0.05) is 5.92 Å². The number of carbonyl (C=O) groups excluding carboxylic acids is 1. The van der Waals surface area contributed by atoms with Gasteiger partial charge < -0.3 is 0 Å². The fourth-order valence-electron chi connectivity index (χ4n) is 2.50. The quantitative estimate of drug-likeness (QED) is 0.633. The summed E-state index contributed by atoms with van der Waals surface area (Å²) >= 11 is 0. The van der Waals surface area contributed by atoms with Crippen LogP contribution in [0.4, 0.5) is 0 Å². The van der Waals surface area contributed by atoms with E-state index >= 15 is 0 Å². The van der Waals surface area contributed by atoms with Crippen LogP contribution in [0, 0.1) is 23.2 Å². The smallest absolute Gasteiger partial charge is 0.133 e. The van der Waals surface area contributed by atoms with Gasteiger partial charge in [-0.05, 0) is 30.6 Å². The van der Waals surface area contributed by atoms with Crippen molar-refractivity contribution in [2.75, 3.05) is 0 Å². The van der Waals surface area contributed by atoms with Gasteiger partial charge in [-0.25, -0.2) is 0 Å². The van der Waals surface area contributed by atoms with Gasteiger partial charge in [-0.15, -0.1) is 0 Å². The van der Waals surface area contributed by atoms with Crippen molar-refractivity contribution in [3.8, 4) is 0 Å². The first kappa shape index (κ1) is 9.76. The molecule has 0 radical (unpaired) electrons. The van der Waals surface area contributed by atoms with Crippen LogP contribution in [0.25, 0.3) is 0 Å². The van der Waals surface area contributed by atoms with Crippen LogP contribution in [-0.2, 0) is 4.79 Å². The number of rotatable bonds is 3. The molecule has 1 saturated carbocycles. The summed E-state index contributed by atoms with van der Waals surface area (Å²) in [5, 5.41) is 0. The third-order valence-corrected chi connectivity index (χ3v) is 3.21. The zero-order valence-corrected chi connectivity index (χ0v) is 8.85. The van der Waals surface area contributed by atoms with E-state index in [9.17, 15) is 4.79 Å². The molecule has 0 aromatic rings.